The molecule has 2 rings (SSSR count). The van der Waals surface area contributed by atoms with Crippen LogP contribution in [0, 0.1) is 12.8 Å². The van der Waals surface area contributed by atoms with E-state index in [1.54, 1.807) is 22.9 Å². The van der Waals surface area contributed by atoms with Gasteiger partial charge < -0.3 is 14.2 Å². The first-order valence-corrected chi connectivity index (χ1v) is 7.20. The molecule has 1 aliphatic heterocycles. The lowest BCUT2D eigenvalue weighted by Gasteiger charge is -2.33. The number of carbonyl (C=O) groups excluding carboxylic acids is 2. The summed E-state index contributed by atoms with van der Waals surface area (Å²) in [5, 5.41) is 0. The van der Waals surface area contributed by atoms with Crippen molar-refractivity contribution in [1.82, 2.24) is 9.80 Å². The zero-order valence-electron chi connectivity index (χ0n) is 12.7. The second-order valence-electron chi connectivity index (χ2n) is 5.53. The Kier molecular flexibility index (Phi) is 4.83. The van der Waals surface area contributed by atoms with Gasteiger partial charge in [0.2, 0.25) is 11.8 Å². The molecule has 114 valence electrons. The third-order valence-corrected chi connectivity index (χ3v) is 3.76. The van der Waals surface area contributed by atoms with Gasteiger partial charge >= 0.3 is 0 Å². The number of piperidine rings is 1. The summed E-state index contributed by atoms with van der Waals surface area (Å²) < 4.78 is 5.50. The molecule has 21 heavy (non-hydrogen) atoms. The molecule has 1 fully saturated rings. The Bertz CT molecular complexity index is 535. The molecule has 1 saturated heterocycles. The van der Waals surface area contributed by atoms with Crippen molar-refractivity contribution in [2.24, 2.45) is 5.92 Å². The van der Waals surface area contributed by atoms with Gasteiger partial charge in [0.1, 0.15) is 11.5 Å². The molecule has 0 spiro atoms. The van der Waals surface area contributed by atoms with Gasteiger partial charge in [0.15, 0.2) is 0 Å². The van der Waals surface area contributed by atoms with E-state index in [1.807, 2.05) is 19.1 Å². The zero-order valence-corrected chi connectivity index (χ0v) is 12.7. The third kappa shape index (κ3) is 3.74. The second-order valence-corrected chi connectivity index (χ2v) is 5.53. The largest absolute Gasteiger partial charge is 0.464 e. The van der Waals surface area contributed by atoms with Crippen LogP contribution in [0.4, 0.5) is 0 Å². The fourth-order valence-electron chi connectivity index (χ4n) is 2.64. The van der Waals surface area contributed by atoms with Gasteiger partial charge in [0, 0.05) is 26.6 Å². The van der Waals surface area contributed by atoms with Crippen molar-refractivity contribution in [2.45, 2.75) is 26.3 Å². The van der Waals surface area contributed by atoms with Crippen molar-refractivity contribution in [2.75, 3.05) is 20.1 Å². The van der Waals surface area contributed by atoms with Gasteiger partial charge in [-0.15, -0.1) is 6.58 Å². The van der Waals surface area contributed by atoms with E-state index in [1.165, 1.54) is 0 Å². The lowest BCUT2D eigenvalue weighted by molar-refractivity contribution is -0.142. The van der Waals surface area contributed by atoms with Crippen molar-refractivity contribution >= 4 is 11.8 Å². The quantitative estimate of drug-likeness (QED) is 0.779. The van der Waals surface area contributed by atoms with Crippen molar-refractivity contribution in [3.8, 4) is 0 Å². The number of rotatable bonds is 5. The summed E-state index contributed by atoms with van der Waals surface area (Å²) >= 11 is 0. The molecule has 0 saturated carbocycles. The molecule has 2 amide bonds. The summed E-state index contributed by atoms with van der Waals surface area (Å²) in [6.07, 6.45) is 2.74. The van der Waals surface area contributed by atoms with Crippen LogP contribution in [0.25, 0.3) is 0 Å². The van der Waals surface area contributed by atoms with Crippen molar-refractivity contribution < 1.29 is 14.0 Å². The van der Waals surface area contributed by atoms with Crippen molar-refractivity contribution in [3.05, 3.63) is 36.3 Å². The maximum absolute atomic E-state index is 12.5. The number of nitrogens with zero attached hydrogens (tertiary/aromatic N) is 2. The Labute approximate surface area is 125 Å². The average Bonchev–Trinajstić information content (AvgIpc) is 2.86. The van der Waals surface area contributed by atoms with Crippen molar-refractivity contribution in [1.29, 1.82) is 0 Å². The standard InChI is InChI=1S/C16H22N2O3/c1-4-9-18-10-13(6-8-15(18)19)16(20)17(3)11-14-7-5-12(2)21-14/h4-5,7,13H,1,6,8-11H2,2-3H3/t13-/m0/s1. The molecular formula is C16H22N2O3. The van der Waals surface area contributed by atoms with Crippen LogP contribution in [0.1, 0.15) is 24.4 Å². The van der Waals surface area contributed by atoms with E-state index in [2.05, 4.69) is 6.58 Å². The first-order chi connectivity index (χ1) is 10.0. The van der Waals surface area contributed by atoms with E-state index in [9.17, 15) is 9.59 Å². The van der Waals surface area contributed by atoms with Crippen LogP contribution >= 0.6 is 0 Å². The van der Waals surface area contributed by atoms with Crippen LogP contribution in [0.5, 0.6) is 0 Å². The molecule has 1 aliphatic rings. The number of carbonyl (C=O) groups is 2. The maximum atomic E-state index is 12.5. The smallest absolute Gasteiger partial charge is 0.227 e. The molecule has 1 aromatic heterocycles. The predicted octanol–water partition coefficient (Wildman–Crippen LogP) is 1.97. The van der Waals surface area contributed by atoms with Crippen LogP contribution in [0.15, 0.2) is 29.2 Å². The first kappa shape index (κ1) is 15.4. The van der Waals surface area contributed by atoms with E-state index in [4.69, 9.17) is 4.42 Å². The second kappa shape index (κ2) is 6.61. The van der Waals surface area contributed by atoms with Crippen LogP contribution in [0.3, 0.4) is 0 Å². The van der Waals surface area contributed by atoms with Crippen LogP contribution in [0.2, 0.25) is 0 Å². The molecule has 1 atom stereocenters. The summed E-state index contributed by atoms with van der Waals surface area (Å²) in [4.78, 5) is 27.6. The van der Waals surface area contributed by atoms with Crippen molar-refractivity contribution in [3.63, 3.8) is 0 Å². The summed E-state index contributed by atoms with van der Waals surface area (Å²) in [6.45, 7) is 6.97. The van der Waals surface area contributed by atoms with Crippen LogP contribution in [-0.4, -0.2) is 41.8 Å². The fraction of sp³-hybridized carbons (Fsp3) is 0.500. The number of furan rings is 1. The summed E-state index contributed by atoms with van der Waals surface area (Å²) in [7, 11) is 1.77. The Morgan fingerprint density at radius 2 is 2.33 bits per heavy atom. The number of hydrogen-bond donors (Lipinski definition) is 0. The van der Waals surface area contributed by atoms with E-state index in [0.29, 0.717) is 32.5 Å². The van der Waals surface area contributed by atoms with Gasteiger partial charge in [0.05, 0.1) is 12.5 Å². The number of amides is 2. The molecule has 0 radical (unpaired) electrons. The van der Waals surface area contributed by atoms with E-state index in [-0.39, 0.29) is 17.7 Å². The zero-order chi connectivity index (χ0) is 15.4. The maximum Gasteiger partial charge on any atom is 0.227 e. The molecule has 0 aromatic carbocycles. The van der Waals surface area contributed by atoms with Gasteiger partial charge in [-0.3, -0.25) is 9.59 Å². The highest BCUT2D eigenvalue weighted by Crippen LogP contribution is 2.20. The third-order valence-electron chi connectivity index (χ3n) is 3.76. The molecule has 5 nitrogen and oxygen atoms in total. The van der Waals surface area contributed by atoms with Gasteiger partial charge in [-0.1, -0.05) is 6.08 Å². The van der Waals surface area contributed by atoms with Crippen LogP contribution in [-0.2, 0) is 16.1 Å². The number of aryl methyl sites for hydroxylation is 1. The molecule has 2 heterocycles. The Hall–Kier alpha value is -2.04. The summed E-state index contributed by atoms with van der Waals surface area (Å²) in [6, 6.07) is 3.77. The van der Waals surface area contributed by atoms with Gasteiger partial charge in [-0.25, -0.2) is 0 Å². The normalized spacial score (nSPS) is 18.7. The highest BCUT2D eigenvalue weighted by Gasteiger charge is 2.31. The molecule has 0 bridgehead atoms. The molecule has 0 unspecified atom stereocenters. The number of hydrogen-bond acceptors (Lipinski definition) is 3. The van der Waals surface area contributed by atoms with Gasteiger partial charge in [-0.2, -0.15) is 0 Å². The number of likely N-dealkylation sites (tertiary alicyclic amines) is 1. The SMILES string of the molecule is C=CCN1C[C@@H](C(=O)N(C)Cc2ccc(C)o2)CCC1=O. The Balaban J connectivity index is 1.95. The average molecular weight is 290 g/mol. The van der Waals surface area contributed by atoms with Gasteiger partial charge in [0.25, 0.3) is 0 Å². The monoisotopic (exact) mass is 290 g/mol. The van der Waals surface area contributed by atoms with E-state index >= 15 is 0 Å². The molecular weight excluding hydrogens is 268 g/mol. The molecule has 1 aromatic rings. The lowest BCUT2D eigenvalue weighted by atomic mass is 9.96. The predicted molar refractivity (Wildman–Crippen MR) is 79.4 cm³/mol. The molecule has 0 N–H and O–H groups in total. The Morgan fingerprint density at radius 1 is 1.57 bits per heavy atom. The lowest BCUT2D eigenvalue weighted by Crippen LogP contribution is -2.46. The minimum Gasteiger partial charge on any atom is -0.464 e. The van der Waals surface area contributed by atoms with Crippen LogP contribution < -0.4 is 0 Å². The highest BCUT2D eigenvalue weighted by atomic mass is 16.3. The molecule has 5 heteroatoms. The minimum absolute atomic E-state index is 0.0608. The first-order valence-electron chi connectivity index (χ1n) is 7.20. The van der Waals surface area contributed by atoms with Gasteiger partial charge in [-0.05, 0) is 25.5 Å². The van der Waals surface area contributed by atoms with E-state index in [0.717, 1.165) is 11.5 Å². The topological polar surface area (TPSA) is 53.8 Å². The molecule has 0 aliphatic carbocycles. The summed E-state index contributed by atoms with van der Waals surface area (Å²) in [5.41, 5.74) is 0. The van der Waals surface area contributed by atoms with E-state index < -0.39 is 0 Å². The minimum atomic E-state index is -0.135. The fourth-order valence-corrected chi connectivity index (χ4v) is 2.64. The highest BCUT2D eigenvalue weighted by molar-refractivity contribution is 5.83. The Morgan fingerprint density at radius 3 is 2.95 bits per heavy atom. The summed E-state index contributed by atoms with van der Waals surface area (Å²) in [5.74, 6) is 1.64.